The highest BCUT2D eigenvalue weighted by Gasteiger charge is 2.16. The molecule has 4 nitrogen and oxygen atoms in total. The molecular weight excluding hydrogens is 259 g/mol. The van der Waals surface area contributed by atoms with Gasteiger partial charge in [-0.05, 0) is 12.1 Å². The fourth-order valence-electron chi connectivity index (χ4n) is 1.81. The normalized spacial score (nSPS) is 14.8. The first-order valence-electron chi connectivity index (χ1n) is 5.79. The Balaban J connectivity index is 2.10. The number of hydrogen-bond donors (Lipinski definition) is 1. The van der Waals surface area contributed by atoms with E-state index < -0.39 is 12.4 Å². The summed E-state index contributed by atoms with van der Waals surface area (Å²) in [4.78, 5) is 6.04. The molecule has 0 aromatic heterocycles. The molecule has 0 unspecified atom stereocenters. The van der Waals surface area contributed by atoms with Crippen molar-refractivity contribution in [2.45, 2.75) is 13.2 Å². The van der Waals surface area contributed by atoms with Gasteiger partial charge in [-0.3, -0.25) is 4.99 Å². The molecule has 19 heavy (non-hydrogen) atoms. The van der Waals surface area contributed by atoms with Gasteiger partial charge in [0.25, 0.3) is 0 Å². The molecular formula is C12H14F3N3O. The number of ether oxygens (including phenoxy) is 1. The Bertz CT molecular complexity index is 479. The van der Waals surface area contributed by atoms with Gasteiger partial charge in [0.15, 0.2) is 5.96 Å². The molecule has 1 aliphatic heterocycles. The van der Waals surface area contributed by atoms with Crippen molar-refractivity contribution in [1.82, 2.24) is 10.2 Å². The summed E-state index contributed by atoms with van der Waals surface area (Å²) in [7, 11) is 1.84. The van der Waals surface area contributed by atoms with Crippen LogP contribution < -0.4 is 10.1 Å². The largest absolute Gasteiger partial charge is 0.434 e. The summed E-state index contributed by atoms with van der Waals surface area (Å²) in [6.07, 6.45) is 0. The highest BCUT2D eigenvalue weighted by atomic mass is 19.3. The Morgan fingerprint density at radius 3 is 2.89 bits per heavy atom. The Morgan fingerprint density at radius 2 is 2.26 bits per heavy atom. The van der Waals surface area contributed by atoms with Gasteiger partial charge in [-0.25, -0.2) is 4.39 Å². The zero-order valence-electron chi connectivity index (χ0n) is 10.4. The van der Waals surface area contributed by atoms with Crippen LogP contribution in [0.3, 0.4) is 0 Å². The Labute approximate surface area is 108 Å². The highest BCUT2D eigenvalue weighted by Crippen LogP contribution is 2.23. The van der Waals surface area contributed by atoms with E-state index >= 15 is 0 Å². The number of halogens is 3. The zero-order valence-corrected chi connectivity index (χ0v) is 10.4. The minimum atomic E-state index is -2.98. The predicted octanol–water partition coefficient (Wildman–Crippen LogP) is 1.82. The van der Waals surface area contributed by atoms with Crippen LogP contribution in [0.2, 0.25) is 0 Å². The SMILES string of the molecule is CN1CCN=C1NCc1c(F)cccc1OC(F)F. The molecule has 0 saturated carbocycles. The van der Waals surface area contributed by atoms with Crippen LogP contribution in [-0.2, 0) is 6.54 Å². The van der Waals surface area contributed by atoms with E-state index in [-0.39, 0.29) is 17.9 Å². The Morgan fingerprint density at radius 1 is 1.47 bits per heavy atom. The van der Waals surface area contributed by atoms with Crippen LogP contribution in [-0.4, -0.2) is 37.6 Å². The van der Waals surface area contributed by atoms with Crippen LogP contribution in [0.5, 0.6) is 5.75 Å². The first-order valence-corrected chi connectivity index (χ1v) is 5.79. The van der Waals surface area contributed by atoms with Gasteiger partial charge in [0.2, 0.25) is 0 Å². The van der Waals surface area contributed by atoms with Crippen molar-refractivity contribution in [2.24, 2.45) is 4.99 Å². The Kier molecular flexibility index (Phi) is 4.13. The number of alkyl halides is 2. The number of nitrogens with zero attached hydrogens (tertiary/aromatic N) is 2. The second-order valence-corrected chi connectivity index (χ2v) is 4.08. The minimum Gasteiger partial charge on any atom is -0.434 e. The number of aliphatic imine (C=N–C) groups is 1. The first-order chi connectivity index (χ1) is 9.08. The van der Waals surface area contributed by atoms with Crippen molar-refractivity contribution >= 4 is 5.96 Å². The summed E-state index contributed by atoms with van der Waals surface area (Å²) in [6.45, 7) is -1.50. The fraction of sp³-hybridized carbons (Fsp3) is 0.417. The third-order valence-electron chi connectivity index (χ3n) is 2.77. The standard InChI is InChI=1S/C12H14F3N3O/c1-18-6-5-16-12(18)17-7-8-9(13)3-2-4-10(8)19-11(14)15/h2-4,11H,5-7H2,1H3,(H,16,17). The molecule has 0 aliphatic carbocycles. The van der Waals surface area contributed by atoms with E-state index in [1.165, 1.54) is 18.2 Å². The van der Waals surface area contributed by atoms with E-state index in [0.717, 1.165) is 6.54 Å². The summed E-state index contributed by atoms with van der Waals surface area (Å²) in [5.74, 6) is -0.137. The second-order valence-electron chi connectivity index (χ2n) is 4.08. The average Bonchev–Trinajstić information content (AvgIpc) is 2.73. The van der Waals surface area contributed by atoms with Gasteiger partial charge in [0.1, 0.15) is 11.6 Å². The van der Waals surface area contributed by atoms with Crippen molar-refractivity contribution in [3.05, 3.63) is 29.6 Å². The van der Waals surface area contributed by atoms with E-state index in [0.29, 0.717) is 12.5 Å². The third-order valence-corrected chi connectivity index (χ3v) is 2.77. The second kappa shape index (κ2) is 5.81. The van der Waals surface area contributed by atoms with Crippen molar-refractivity contribution < 1.29 is 17.9 Å². The van der Waals surface area contributed by atoms with Gasteiger partial charge >= 0.3 is 6.61 Å². The molecule has 0 amide bonds. The van der Waals surface area contributed by atoms with Crippen molar-refractivity contribution in [3.63, 3.8) is 0 Å². The molecule has 1 heterocycles. The molecule has 1 aliphatic rings. The smallest absolute Gasteiger partial charge is 0.387 e. The van der Waals surface area contributed by atoms with Crippen LogP contribution >= 0.6 is 0 Å². The van der Waals surface area contributed by atoms with Gasteiger partial charge in [-0.15, -0.1) is 0 Å². The molecule has 1 aromatic rings. The molecule has 0 fully saturated rings. The molecule has 1 N–H and O–H groups in total. The topological polar surface area (TPSA) is 36.9 Å². The molecule has 1 aromatic carbocycles. The van der Waals surface area contributed by atoms with E-state index in [1.807, 2.05) is 11.9 Å². The number of rotatable bonds is 4. The summed E-state index contributed by atoms with van der Waals surface area (Å²) in [5.41, 5.74) is 0.0609. The number of benzene rings is 1. The van der Waals surface area contributed by atoms with Crippen LogP contribution in [0.15, 0.2) is 23.2 Å². The van der Waals surface area contributed by atoms with Crippen molar-refractivity contribution in [3.8, 4) is 5.75 Å². The summed E-state index contributed by atoms with van der Waals surface area (Å²) >= 11 is 0. The highest BCUT2D eigenvalue weighted by molar-refractivity contribution is 5.81. The zero-order chi connectivity index (χ0) is 13.8. The van der Waals surface area contributed by atoms with Crippen LogP contribution in [0, 0.1) is 5.82 Å². The lowest BCUT2D eigenvalue weighted by Gasteiger charge is -2.17. The summed E-state index contributed by atoms with van der Waals surface area (Å²) < 4.78 is 42.4. The lowest BCUT2D eigenvalue weighted by atomic mass is 10.2. The number of hydrogen-bond acceptors (Lipinski definition) is 4. The molecule has 0 spiro atoms. The molecule has 0 saturated heterocycles. The monoisotopic (exact) mass is 273 g/mol. The molecule has 0 atom stereocenters. The van der Waals surface area contributed by atoms with E-state index in [2.05, 4.69) is 15.0 Å². The van der Waals surface area contributed by atoms with Gasteiger partial charge in [-0.2, -0.15) is 8.78 Å². The first kappa shape index (κ1) is 13.5. The van der Waals surface area contributed by atoms with E-state index in [9.17, 15) is 13.2 Å². The summed E-state index contributed by atoms with van der Waals surface area (Å²) in [6, 6.07) is 3.84. The number of guanidine groups is 1. The minimum absolute atomic E-state index is 0.0396. The Hall–Kier alpha value is -1.92. The third kappa shape index (κ3) is 3.30. The maximum Gasteiger partial charge on any atom is 0.387 e. The summed E-state index contributed by atoms with van der Waals surface area (Å²) in [5, 5.41) is 2.91. The fourth-order valence-corrected chi connectivity index (χ4v) is 1.81. The van der Waals surface area contributed by atoms with Crippen LogP contribution in [0.1, 0.15) is 5.56 Å². The van der Waals surface area contributed by atoms with Gasteiger partial charge in [-0.1, -0.05) is 6.07 Å². The van der Waals surface area contributed by atoms with Gasteiger partial charge in [0, 0.05) is 25.7 Å². The quantitative estimate of drug-likeness (QED) is 0.909. The lowest BCUT2D eigenvalue weighted by Crippen LogP contribution is -2.35. The van der Waals surface area contributed by atoms with Gasteiger partial charge in [0.05, 0.1) is 6.54 Å². The maximum atomic E-state index is 13.7. The molecule has 104 valence electrons. The van der Waals surface area contributed by atoms with E-state index in [4.69, 9.17) is 0 Å². The van der Waals surface area contributed by atoms with Crippen molar-refractivity contribution in [1.29, 1.82) is 0 Å². The van der Waals surface area contributed by atoms with Gasteiger partial charge < -0.3 is 15.0 Å². The van der Waals surface area contributed by atoms with Crippen LogP contribution in [0.25, 0.3) is 0 Å². The van der Waals surface area contributed by atoms with Crippen molar-refractivity contribution in [2.75, 3.05) is 20.1 Å². The molecule has 0 radical (unpaired) electrons. The maximum absolute atomic E-state index is 13.7. The number of nitrogens with one attached hydrogen (secondary N) is 1. The number of likely N-dealkylation sites (N-methyl/N-ethyl adjacent to an activating group) is 1. The molecule has 0 bridgehead atoms. The molecule has 2 rings (SSSR count). The molecule has 7 heteroatoms. The lowest BCUT2D eigenvalue weighted by molar-refractivity contribution is -0.0506. The average molecular weight is 273 g/mol. The van der Waals surface area contributed by atoms with E-state index in [1.54, 1.807) is 0 Å². The van der Waals surface area contributed by atoms with Crippen LogP contribution in [0.4, 0.5) is 13.2 Å². The predicted molar refractivity (Wildman–Crippen MR) is 64.8 cm³/mol.